The van der Waals surface area contributed by atoms with Gasteiger partial charge in [-0.25, -0.2) is 12.8 Å². The van der Waals surface area contributed by atoms with Gasteiger partial charge in [0, 0.05) is 18.4 Å². The van der Waals surface area contributed by atoms with Crippen molar-refractivity contribution < 1.29 is 17.3 Å². The lowest BCUT2D eigenvalue weighted by molar-refractivity contribution is 0.315. The average Bonchev–Trinajstić information content (AvgIpc) is 3.35. The summed E-state index contributed by atoms with van der Waals surface area (Å²) in [5.41, 5.74) is 1.78. The molecule has 0 N–H and O–H groups in total. The van der Waals surface area contributed by atoms with E-state index in [9.17, 15) is 12.8 Å². The van der Waals surface area contributed by atoms with Gasteiger partial charge in [0.2, 0.25) is 15.9 Å². The molecule has 0 spiro atoms. The van der Waals surface area contributed by atoms with Gasteiger partial charge in [0.1, 0.15) is 5.82 Å². The largest absolute Gasteiger partial charge is 0.339 e. The van der Waals surface area contributed by atoms with Gasteiger partial charge in [0.05, 0.1) is 10.9 Å². The second-order valence-corrected chi connectivity index (χ2v) is 10.3. The molecule has 8 heteroatoms. The first-order valence-electron chi connectivity index (χ1n) is 10.6. The first-order valence-corrected chi connectivity index (χ1v) is 12.0. The molecule has 1 saturated heterocycles. The Morgan fingerprint density at radius 3 is 2.42 bits per heavy atom. The van der Waals surface area contributed by atoms with Crippen LogP contribution in [0.15, 0.2) is 57.9 Å². The van der Waals surface area contributed by atoms with E-state index in [-0.39, 0.29) is 22.8 Å². The van der Waals surface area contributed by atoms with Crippen LogP contribution in [-0.4, -0.2) is 28.9 Å². The van der Waals surface area contributed by atoms with E-state index >= 15 is 0 Å². The van der Waals surface area contributed by atoms with Crippen molar-refractivity contribution in [2.75, 3.05) is 0 Å². The molecule has 2 aliphatic rings. The summed E-state index contributed by atoms with van der Waals surface area (Å²) in [5, 5.41) is 4.09. The fourth-order valence-corrected chi connectivity index (χ4v) is 6.16. The molecular formula is C23H24FN3O3S. The quantitative estimate of drug-likeness (QED) is 0.562. The Hall–Kier alpha value is -2.58. The molecule has 0 bridgehead atoms. The van der Waals surface area contributed by atoms with Gasteiger partial charge < -0.3 is 4.52 Å². The lowest BCUT2D eigenvalue weighted by Crippen LogP contribution is -2.38. The van der Waals surface area contributed by atoms with Crippen molar-refractivity contribution in [3.63, 3.8) is 0 Å². The second-order valence-electron chi connectivity index (χ2n) is 8.47. The Morgan fingerprint density at radius 1 is 1.03 bits per heavy atom. The maximum Gasteiger partial charge on any atom is 0.243 e. The molecule has 1 aromatic heterocycles. The van der Waals surface area contributed by atoms with E-state index < -0.39 is 10.0 Å². The zero-order valence-electron chi connectivity index (χ0n) is 17.2. The smallest absolute Gasteiger partial charge is 0.243 e. The fourth-order valence-electron chi connectivity index (χ4n) is 4.30. The second kappa shape index (κ2) is 7.84. The van der Waals surface area contributed by atoms with Crippen LogP contribution in [0.4, 0.5) is 4.39 Å². The number of aromatic nitrogens is 2. The van der Waals surface area contributed by atoms with Crippen LogP contribution in [0, 0.1) is 12.7 Å². The summed E-state index contributed by atoms with van der Waals surface area (Å²) in [6.45, 7) is 1.92. The molecule has 2 unspecified atom stereocenters. The Morgan fingerprint density at radius 2 is 1.74 bits per heavy atom. The zero-order valence-corrected chi connectivity index (χ0v) is 18.1. The summed E-state index contributed by atoms with van der Waals surface area (Å²) in [4.78, 5) is 4.75. The van der Waals surface area contributed by atoms with Crippen LogP contribution in [-0.2, 0) is 16.4 Å². The number of benzene rings is 2. The number of halogens is 1. The molecule has 3 aromatic rings. The average molecular weight is 442 g/mol. The van der Waals surface area contributed by atoms with Crippen molar-refractivity contribution in [1.29, 1.82) is 0 Å². The number of rotatable bonds is 6. The standard InChI is InChI=1S/C23H24FN3O3S/c1-15-2-11-20(12-3-15)31(28,29)27-19(14-22-25-23(30-26-22)17-4-5-17)10-13-21(27)16-6-8-18(24)9-7-16/h2-3,6-9,11-12,17,19,21H,4-5,10,13-14H2,1H3. The van der Waals surface area contributed by atoms with Crippen molar-refractivity contribution >= 4 is 10.0 Å². The van der Waals surface area contributed by atoms with E-state index in [1.165, 1.54) is 12.1 Å². The van der Waals surface area contributed by atoms with Crippen molar-refractivity contribution in [2.45, 2.75) is 61.9 Å². The Bertz CT molecular complexity index is 1170. The number of nitrogens with zero attached hydrogens (tertiary/aromatic N) is 3. The molecule has 6 nitrogen and oxygen atoms in total. The van der Waals surface area contributed by atoms with Crippen LogP contribution in [0.5, 0.6) is 0 Å². The summed E-state index contributed by atoms with van der Waals surface area (Å²) < 4.78 is 47.8. The molecule has 162 valence electrons. The molecule has 0 amide bonds. The number of hydrogen-bond donors (Lipinski definition) is 0. The Labute approximate surface area is 181 Å². The van der Waals surface area contributed by atoms with Crippen molar-refractivity contribution in [2.24, 2.45) is 0 Å². The highest BCUT2D eigenvalue weighted by Gasteiger charge is 2.43. The molecule has 31 heavy (non-hydrogen) atoms. The SMILES string of the molecule is Cc1ccc(S(=O)(=O)N2C(Cc3noc(C4CC4)n3)CCC2c2ccc(F)cc2)cc1. The summed E-state index contributed by atoms with van der Waals surface area (Å²) >= 11 is 0. The van der Waals surface area contributed by atoms with Crippen molar-refractivity contribution in [3.8, 4) is 0 Å². The van der Waals surface area contributed by atoms with E-state index in [0.717, 1.165) is 24.0 Å². The molecule has 2 atom stereocenters. The number of aryl methyl sites for hydroxylation is 1. The van der Waals surface area contributed by atoms with Crippen LogP contribution < -0.4 is 0 Å². The van der Waals surface area contributed by atoms with Gasteiger partial charge in [-0.05, 0) is 62.4 Å². The monoisotopic (exact) mass is 441 g/mol. The summed E-state index contributed by atoms with van der Waals surface area (Å²) in [5.74, 6) is 1.20. The van der Waals surface area contributed by atoms with Crippen molar-refractivity contribution in [1.82, 2.24) is 14.4 Å². The van der Waals surface area contributed by atoms with Gasteiger partial charge in [-0.1, -0.05) is 35.0 Å². The molecule has 5 rings (SSSR count). The third-order valence-electron chi connectivity index (χ3n) is 6.12. The summed E-state index contributed by atoms with van der Waals surface area (Å²) in [7, 11) is -3.78. The lowest BCUT2D eigenvalue weighted by atomic mass is 10.1. The van der Waals surface area contributed by atoms with Gasteiger partial charge in [0.15, 0.2) is 5.82 Å². The highest BCUT2D eigenvalue weighted by Crippen LogP contribution is 2.42. The van der Waals surface area contributed by atoms with Crippen LogP contribution in [0.2, 0.25) is 0 Å². The molecule has 2 heterocycles. The first-order chi connectivity index (χ1) is 14.9. The Kier molecular flexibility index (Phi) is 5.14. The minimum absolute atomic E-state index is 0.254. The number of sulfonamides is 1. The predicted octanol–water partition coefficient (Wildman–Crippen LogP) is 4.53. The zero-order chi connectivity index (χ0) is 21.6. The topological polar surface area (TPSA) is 76.3 Å². The van der Waals surface area contributed by atoms with Gasteiger partial charge in [-0.15, -0.1) is 0 Å². The van der Waals surface area contributed by atoms with E-state index in [1.54, 1.807) is 40.7 Å². The molecule has 1 aliphatic heterocycles. The van der Waals surface area contributed by atoms with E-state index in [2.05, 4.69) is 10.1 Å². The molecule has 0 radical (unpaired) electrons. The van der Waals surface area contributed by atoms with Gasteiger partial charge >= 0.3 is 0 Å². The van der Waals surface area contributed by atoms with Crippen LogP contribution in [0.3, 0.4) is 0 Å². The fraction of sp³-hybridized carbons (Fsp3) is 0.391. The molecule has 1 aliphatic carbocycles. The maximum atomic E-state index is 13.7. The van der Waals surface area contributed by atoms with E-state index in [1.807, 2.05) is 6.92 Å². The third kappa shape index (κ3) is 4.02. The molecule has 2 aromatic carbocycles. The number of hydrogen-bond acceptors (Lipinski definition) is 5. The minimum atomic E-state index is -3.78. The van der Waals surface area contributed by atoms with Crippen LogP contribution in [0.25, 0.3) is 0 Å². The maximum absolute atomic E-state index is 13.7. The third-order valence-corrected chi connectivity index (χ3v) is 8.10. The molecule has 1 saturated carbocycles. The molecular weight excluding hydrogens is 417 g/mol. The summed E-state index contributed by atoms with van der Waals surface area (Å²) in [6, 6.07) is 12.3. The van der Waals surface area contributed by atoms with Crippen LogP contribution in [0.1, 0.15) is 60.5 Å². The van der Waals surface area contributed by atoms with Gasteiger partial charge in [0.25, 0.3) is 0 Å². The highest BCUT2D eigenvalue weighted by atomic mass is 32.2. The summed E-state index contributed by atoms with van der Waals surface area (Å²) in [6.07, 6.45) is 3.82. The lowest BCUT2D eigenvalue weighted by Gasteiger charge is -2.29. The predicted molar refractivity (Wildman–Crippen MR) is 112 cm³/mol. The van der Waals surface area contributed by atoms with E-state index in [0.29, 0.717) is 36.9 Å². The normalized spacial score (nSPS) is 22.1. The minimum Gasteiger partial charge on any atom is -0.339 e. The highest BCUT2D eigenvalue weighted by molar-refractivity contribution is 7.89. The van der Waals surface area contributed by atoms with E-state index in [4.69, 9.17) is 4.52 Å². The molecule has 2 fully saturated rings. The van der Waals surface area contributed by atoms with Crippen LogP contribution >= 0.6 is 0 Å². The van der Waals surface area contributed by atoms with Gasteiger partial charge in [-0.3, -0.25) is 0 Å². The first kappa shape index (κ1) is 20.3. The van der Waals surface area contributed by atoms with Gasteiger partial charge in [-0.2, -0.15) is 9.29 Å². The van der Waals surface area contributed by atoms with Crippen molar-refractivity contribution in [3.05, 3.63) is 77.2 Å². The Balaban J connectivity index is 1.50.